The summed E-state index contributed by atoms with van der Waals surface area (Å²) >= 11 is 2.97. The molecule has 1 saturated heterocycles. The predicted octanol–water partition coefficient (Wildman–Crippen LogP) is 4.12. The lowest BCUT2D eigenvalue weighted by atomic mass is 9.68. The summed E-state index contributed by atoms with van der Waals surface area (Å²) in [4.78, 5) is 45.1. The van der Waals surface area contributed by atoms with Crippen molar-refractivity contribution >= 4 is 40.6 Å². The molecule has 3 heterocycles. The number of nitrogens with one attached hydrogen (secondary N) is 1. The molecule has 1 N–H and O–H groups in total. The van der Waals surface area contributed by atoms with E-state index in [1.807, 2.05) is 48.5 Å². The topological polar surface area (TPSA) is 79.5 Å². The molecular weight excluding hydrogens is 468 g/mol. The van der Waals surface area contributed by atoms with Gasteiger partial charge in [-0.3, -0.25) is 19.3 Å². The van der Waals surface area contributed by atoms with Crippen molar-refractivity contribution in [2.24, 2.45) is 29.6 Å². The third-order valence-corrected chi connectivity index (χ3v) is 10.8. The fourth-order valence-corrected chi connectivity index (χ4v) is 10.00. The summed E-state index contributed by atoms with van der Waals surface area (Å²) in [6, 6.07) is 17.3. The number of hydrogen-bond donors (Lipinski definition) is 1. The predicted molar refractivity (Wildman–Crippen MR) is 130 cm³/mol. The highest BCUT2D eigenvalue weighted by molar-refractivity contribution is 8.00. The first-order chi connectivity index (χ1) is 16.6. The van der Waals surface area contributed by atoms with Crippen LogP contribution in [0.1, 0.15) is 22.8 Å². The number of H-pyrrole nitrogens is 1. The smallest absolute Gasteiger partial charge is 0.305 e. The Morgan fingerprint density at radius 2 is 1.65 bits per heavy atom. The summed E-state index contributed by atoms with van der Waals surface area (Å²) < 4.78 is 5.73. The van der Waals surface area contributed by atoms with Gasteiger partial charge < -0.3 is 9.72 Å². The molecule has 7 atom stereocenters. The molecule has 8 heteroatoms. The zero-order chi connectivity index (χ0) is 23.1. The summed E-state index contributed by atoms with van der Waals surface area (Å²) in [7, 11) is 1.67. The van der Waals surface area contributed by atoms with Gasteiger partial charge in [-0.1, -0.05) is 47.7 Å². The second kappa shape index (κ2) is 7.33. The van der Waals surface area contributed by atoms with Gasteiger partial charge in [0.25, 0.3) is 0 Å². The molecule has 4 aliphatic rings. The number of para-hydroxylation sites is 2. The Morgan fingerprint density at radius 3 is 2.41 bits per heavy atom. The molecule has 0 spiro atoms. The van der Waals surface area contributed by atoms with Gasteiger partial charge in [-0.25, -0.2) is 0 Å². The fourth-order valence-electron chi connectivity index (χ4n) is 7.12. The average Bonchev–Trinajstić information content (AvgIpc) is 3.58. The molecule has 1 aromatic heterocycles. The number of aromatic amines is 1. The number of methoxy groups -OCH3 is 1. The maximum Gasteiger partial charge on any atom is 0.305 e. The van der Waals surface area contributed by atoms with Crippen LogP contribution in [0.2, 0.25) is 0 Å². The van der Waals surface area contributed by atoms with Crippen LogP contribution in [0.15, 0.2) is 64.4 Å². The van der Waals surface area contributed by atoms with Gasteiger partial charge in [0, 0.05) is 21.6 Å². The van der Waals surface area contributed by atoms with Crippen LogP contribution in [-0.4, -0.2) is 29.2 Å². The fraction of sp³-hybridized carbons (Fsp3) is 0.346. The maximum atomic E-state index is 13.7. The van der Waals surface area contributed by atoms with Crippen LogP contribution in [0, 0.1) is 29.6 Å². The minimum atomic E-state index is -0.297. The first kappa shape index (κ1) is 20.5. The minimum Gasteiger partial charge on any atom is -0.496 e. The zero-order valence-corrected chi connectivity index (χ0v) is 20.0. The quantitative estimate of drug-likeness (QED) is 0.559. The molecule has 3 fully saturated rings. The zero-order valence-electron chi connectivity index (χ0n) is 18.3. The van der Waals surface area contributed by atoms with Crippen molar-refractivity contribution < 1.29 is 14.3 Å². The highest BCUT2D eigenvalue weighted by atomic mass is 32.2. The van der Waals surface area contributed by atoms with Crippen molar-refractivity contribution in [3.63, 3.8) is 0 Å². The summed E-state index contributed by atoms with van der Waals surface area (Å²) in [5, 5.41) is 1.08. The lowest BCUT2D eigenvalue weighted by Crippen LogP contribution is -2.42. The normalized spacial score (nSPS) is 33.1. The van der Waals surface area contributed by atoms with E-state index in [2.05, 4.69) is 11.1 Å². The molecule has 2 aliphatic carbocycles. The number of hydrogen-bond acceptors (Lipinski definition) is 6. The Labute approximate surface area is 204 Å². The Bertz CT molecular complexity index is 1380. The van der Waals surface area contributed by atoms with Gasteiger partial charge in [-0.05, 0) is 42.4 Å². The Kier molecular flexibility index (Phi) is 4.42. The molecule has 2 amide bonds. The van der Waals surface area contributed by atoms with E-state index in [9.17, 15) is 14.4 Å². The second-order valence-electron chi connectivity index (χ2n) is 9.55. The number of rotatable bonds is 3. The van der Waals surface area contributed by atoms with Crippen LogP contribution in [-0.2, 0) is 9.59 Å². The van der Waals surface area contributed by atoms with Gasteiger partial charge in [-0.2, -0.15) is 0 Å². The van der Waals surface area contributed by atoms with Crippen LogP contribution in [0.4, 0.5) is 5.69 Å². The molecule has 172 valence electrons. The monoisotopic (exact) mass is 490 g/mol. The van der Waals surface area contributed by atoms with Gasteiger partial charge in [-0.15, -0.1) is 11.8 Å². The summed E-state index contributed by atoms with van der Waals surface area (Å²) in [6.07, 6.45) is 0.878. The van der Waals surface area contributed by atoms with Crippen molar-refractivity contribution in [3.05, 3.63) is 74.7 Å². The number of carbonyl (C=O) groups excluding carboxylic acids is 2. The Morgan fingerprint density at radius 1 is 0.941 bits per heavy atom. The summed E-state index contributed by atoms with van der Waals surface area (Å²) in [6.45, 7) is 0. The molecule has 2 aromatic carbocycles. The highest BCUT2D eigenvalue weighted by Crippen LogP contribution is 2.69. The molecule has 3 aromatic rings. The van der Waals surface area contributed by atoms with Crippen LogP contribution in [0.25, 0.3) is 0 Å². The number of anilines is 1. The molecule has 7 rings (SSSR count). The Hall–Kier alpha value is -2.84. The standard InChI is InChI=1S/C26H22N2O4S2/c1-32-16-10-6-5-9-13(16)17-18-14-11-15(21(18)33-23-22(17)34-26(31)27-23)20-19(14)24(29)28(25(20)30)12-7-3-2-4-8-12/h2-10,14-15,17-21H,11H2,1H3,(H,27,31)/t14-,15-,17+,18+,19+,20+,21-/m1/s1. The number of amides is 2. The lowest BCUT2D eigenvalue weighted by molar-refractivity contribution is -0.123. The molecule has 2 bridgehead atoms. The second-order valence-corrected chi connectivity index (χ2v) is 11.8. The van der Waals surface area contributed by atoms with Crippen molar-refractivity contribution in [1.82, 2.24) is 4.98 Å². The lowest BCUT2D eigenvalue weighted by Gasteiger charge is -2.43. The van der Waals surface area contributed by atoms with E-state index in [0.717, 1.165) is 27.6 Å². The van der Waals surface area contributed by atoms with Crippen molar-refractivity contribution in [3.8, 4) is 5.75 Å². The van der Waals surface area contributed by atoms with Crippen molar-refractivity contribution in [2.75, 3.05) is 12.0 Å². The number of fused-ring (bicyclic) bond motifs is 9. The third-order valence-electron chi connectivity index (χ3n) is 8.21. The molecule has 2 saturated carbocycles. The SMILES string of the molecule is COc1ccccc1[C@@H]1c2sc(=O)[nH]c2S[C@@H]2[C@@H]3C[C@@H]([C@@H]4C(=O)N(c5ccccc5)C(=O)[C@@H]34)[C@@H]12. The maximum absolute atomic E-state index is 13.7. The number of benzene rings is 2. The largest absolute Gasteiger partial charge is 0.496 e. The number of imide groups is 1. The minimum absolute atomic E-state index is 0.0361. The number of carbonyl (C=O) groups is 2. The van der Waals surface area contributed by atoms with Gasteiger partial charge in [0.1, 0.15) is 5.75 Å². The van der Waals surface area contributed by atoms with E-state index in [0.29, 0.717) is 5.69 Å². The highest BCUT2D eigenvalue weighted by Gasteiger charge is 2.69. The summed E-state index contributed by atoms with van der Waals surface area (Å²) in [5.74, 6) is 0.427. The van der Waals surface area contributed by atoms with E-state index in [-0.39, 0.29) is 57.4 Å². The van der Waals surface area contributed by atoms with Gasteiger partial charge in [0.05, 0.1) is 29.7 Å². The molecule has 6 nitrogen and oxygen atoms in total. The third kappa shape index (κ3) is 2.61. The van der Waals surface area contributed by atoms with Crippen LogP contribution >= 0.6 is 23.1 Å². The molecule has 0 radical (unpaired) electrons. The van der Waals surface area contributed by atoms with E-state index in [1.165, 1.54) is 16.2 Å². The first-order valence-electron chi connectivity index (χ1n) is 11.5. The first-order valence-corrected chi connectivity index (χ1v) is 13.2. The molecular formula is C26H22N2O4S2. The number of ether oxygens (including phenoxy) is 1. The van der Waals surface area contributed by atoms with Gasteiger partial charge >= 0.3 is 4.87 Å². The van der Waals surface area contributed by atoms with Crippen LogP contribution in [0.5, 0.6) is 5.75 Å². The number of thiazole rings is 1. The van der Waals surface area contributed by atoms with Gasteiger partial charge in [0.2, 0.25) is 11.8 Å². The molecule has 34 heavy (non-hydrogen) atoms. The average molecular weight is 491 g/mol. The molecule has 2 aliphatic heterocycles. The van der Waals surface area contributed by atoms with E-state index in [4.69, 9.17) is 4.74 Å². The Balaban J connectivity index is 1.36. The van der Waals surface area contributed by atoms with Crippen molar-refractivity contribution in [2.45, 2.75) is 22.6 Å². The van der Waals surface area contributed by atoms with E-state index < -0.39 is 0 Å². The number of thioether (sulfide) groups is 1. The van der Waals surface area contributed by atoms with Crippen LogP contribution < -0.4 is 14.5 Å². The van der Waals surface area contributed by atoms with Crippen LogP contribution in [0.3, 0.4) is 0 Å². The van der Waals surface area contributed by atoms with Gasteiger partial charge in [0.15, 0.2) is 0 Å². The summed E-state index contributed by atoms with van der Waals surface area (Å²) in [5.41, 5.74) is 1.71. The number of nitrogens with zero attached hydrogens (tertiary/aromatic N) is 1. The van der Waals surface area contributed by atoms with E-state index in [1.54, 1.807) is 18.9 Å². The van der Waals surface area contributed by atoms with E-state index >= 15 is 0 Å². The van der Waals surface area contributed by atoms with Crippen molar-refractivity contribution in [1.29, 1.82) is 0 Å². The number of aromatic nitrogens is 1. The molecule has 0 unspecified atom stereocenters.